The third-order valence-corrected chi connectivity index (χ3v) is 7.42. The number of rotatable bonds is 4. The summed E-state index contributed by atoms with van der Waals surface area (Å²) in [4.78, 5) is 35.6. The van der Waals surface area contributed by atoms with Gasteiger partial charge in [-0.25, -0.2) is 0 Å². The van der Waals surface area contributed by atoms with Crippen LogP contribution < -0.4 is 5.32 Å². The first-order chi connectivity index (χ1) is 14.9. The van der Waals surface area contributed by atoms with Crippen molar-refractivity contribution in [2.75, 3.05) is 39.4 Å². The molecule has 3 atom stereocenters. The van der Waals surface area contributed by atoms with Crippen molar-refractivity contribution in [3.8, 4) is 0 Å². The van der Waals surface area contributed by atoms with Crippen LogP contribution in [0.2, 0.25) is 0 Å². The van der Waals surface area contributed by atoms with Gasteiger partial charge in [-0.3, -0.25) is 19.5 Å². The molecule has 4 rings (SSSR count). The maximum absolute atomic E-state index is 13.5. The van der Waals surface area contributed by atoms with E-state index in [0.29, 0.717) is 30.7 Å². The number of carbonyl (C=O) groups excluding carboxylic acids is 2. The van der Waals surface area contributed by atoms with Gasteiger partial charge in [-0.15, -0.1) is 0 Å². The smallest absolute Gasteiger partial charge is 0.272 e. The summed E-state index contributed by atoms with van der Waals surface area (Å²) < 4.78 is 5.54. The number of nitrogens with one attached hydrogen (secondary N) is 1. The van der Waals surface area contributed by atoms with E-state index in [1.807, 2.05) is 37.8 Å². The molecule has 7 nitrogen and oxygen atoms in total. The lowest BCUT2D eigenvalue weighted by Crippen LogP contribution is -2.62. The van der Waals surface area contributed by atoms with Crippen LogP contribution in [0.25, 0.3) is 0 Å². The highest BCUT2D eigenvalue weighted by Gasteiger charge is 2.53. The largest absolute Gasteiger partial charge is 0.379 e. The molecular weight excluding hydrogens is 392 g/mol. The number of fused-ring (bicyclic) bond motifs is 1. The predicted molar refractivity (Wildman–Crippen MR) is 119 cm³/mol. The fraction of sp³-hybridized carbons (Fsp3) is 0.708. The van der Waals surface area contributed by atoms with Crippen LogP contribution >= 0.6 is 0 Å². The van der Waals surface area contributed by atoms with Crippen LogP contribution in [0.1, 0.15) is 55.6 Å². The molecule has 0 unspecified atom stereocenters. The summed E-state index contributed by atoms with van der Waals surface area (Å²) in [6, 6.07) is 4.36. The molecule has 1 aromatic heterocycles. The molecule has 3 aliphatic rings. The van der Waals surface area contributed by atoms with E-state index >= 15 is 0 Å². The summed E-state index contributed by atoms with van der Waals surface area (Å²) in [5.41, 5.74) is 0.873. The molecule has 1 N–H and O–H groups in total. The van der Waals surface area contributed by atoms with E-state index < -0.39 is 5.41 Å². The fourth-order valence-electron chi connectivity index (χ4n) is 5.72. The number of hydrogen-bond donors (Lipinski definition) is 1. The van der Waals surface area contributed by atoms with Gasteiger partial charge in [0.15, 0.2) is 0 Å². The lowest BCUT2D eigenvalue weighted by Gasteiger charge is -2.53. The summed E-state index contributed by atoms with van der Waals surface area (Å²) >= 11 is 0. The molecule has 0 aromatic carbocycles. The molecule has 1 saturated carbocycles. The minimum atomic E-state index is -0.510. The van der Waals surface area contributed by atoms with Crippen LogP contribution in [0.15, 0.2) is 18.3 Å². The van der Waals surface area contributed by atoms with Gasteiger partial charge >= 0.3 is 0 Å². The lowest BCUT2D eigenvalue weighted by atomic mass is 9.60. The molecule has 1 aliphatic carbocycles. The van der Waals surface area contributed by atoms with Crippen LogP contribution in [0.3, 0.4) is 0 Å². The number of ether oxygens (including phenoxy) is 1. The summed E-state index contributed by atoms with van der Waals surface area (Å²) in [6.45, 7) is 10.7. The Labute approximate surface area is 185 Å². The molecule has 7 heteroatoms. The van der Waals surface area contributed by atoms with Gasteiger partial charge < -0.3 is 15.0 Å². The van der Waals surface area contributed by atoms with Crippen LogP contribution in [0, 0.1) is 18.3 Å². The molecule has 2 saturated heterocycles. The number of pyridine rings is 1. The van der Waals surface area contributed by atoms with Gasteiger partial charge in [-0.05, 0) is 64.0 Å². The van der Waals surface area contributed by atoms with Gasteiger partial charge in [0.2, 0.25) is 5.91 Å². The Balaban J connectivity index is 1.56. The van der Waals surface area contributed by atoms with Gasteiger partial charge in [0, 0.05) is 44.5 Å². The summed E-state index contributed by atoms with van der Waals surface area (Å²) in [5, 5.41) is 3.18. The molecule has 2 aliphatic heterocycles. The number of amides is 2. The number of carbonyl (C=O) groups is 2. The standard InChI is InChI=1S/C24H36N4O3/c1-17(2)26-23(30)24-8-6-20(27-11-13-31-14-12-27)15-19(24)7-10-28(16-24)22(29)21-18(3)5-4-9-25-21/h4-5,9,17,19-20H,6-8,10-16H2,1-3H3,(H,26,30)/t19-,20-,24-/m1/s1. The molecule has 3 fully saturated rings. The van der Waals surface area contributed by atoms with Crippen LogP contribution in [0.4, 0.5) is 0 Å². The summed E-state index contributed by atoms with van der Waals surface area (Å²) in [6.07, 6.45) is 5.37. The van der Waals surface area contributed by atoms with Crippen LogP contribution in [-0.2, 0) is 9.53 Å². The Morgan fingerprint density at radius 1 is 1.23 bits per heavy atom. The number of aryl methyl sites for hydroxylation is 1. The molecule has 0 spiro atoms. The van der Waals surface area contributed by atoms with Crippen LogP contribution in [-0.4, -0.2) is 78.1 Å². The first-order valence-electron chi connectivity index (χ1n) is 11.7. The van der Waals surface area contributed by atoms with Gasteiger partial charge in [0.05, 0.1) is 18.6 Å². The zero-order valence-electron chi connectivity index (χ0n) is 19.1. The lowest BCUT2D eigenvalue weighted by molar-refractivity contribution is -0.144. The number of aromatic nitrogens is 1. The predicted octanol–water partition coefficient (Wildman–Crippen LogP) is 2.25. The quantitative estimate of drug-likeness (QED) is 0.796. The van der Waals surface area contributed by atoms with Crippen molar-refractivity contribution in [3.63, 3.8) is 0 Å². The first kappa shape index (κ1) is 22.2. The van der Waals surface area contributed by atoms with E-state index in [0.717, 1.165) is 57.6 Å². The maximum atomic E-state index is 13.5. The van der Waals surface area contributed by atoms with Gasteiger partial charge in [-0.2, -0.15) is 0 Å². The zero-order valence-corrected chi connectivity index (χ0v) is 19.1. The minimum absolute atomic E-state index is 0.0522. The SMILES string of the molecule is Cc1cccnc1C(=O)N1CC[C@@H]2C[C@H](N3CCOCC3)CC[C@@]2(C(=O)NC(C)C)C1. The Bertz CT molecular complexity index is 808. The second-order valence-corrected chi connectivity index (χ2v) is 9.74. The van der Waals surface area contributed by atoms with E-state index in [9.17, 15) is 9.59 Å². The van der Waals surface area contributed by atoms with Crippen molar-refractivity contribution in [2.45, 2.75) is 58.5 Å². The molecular formula is C24H36N4O3. The van der Waals surface area contributed by atoms with E-state index in [1.54, 1.807) is 6.20 Å². The highest BCUT2D eigenvalue weighted by atomic mass is 16.5. The van der Waals surface area contributed by atoms with Crippen molar-refractivity contribution in [1.82, 2.24) is 20.1 Å². The fourth-order valence-corrected chi connectivity index (χ4v) is 5.72. The summed E-state index contributed by atoms with van der Waals surface area (Å²) in [7, 11) is 0. The zero-order chi connectivity index (χ0) is 22.0. The number of morpholine rings is 1. The highest BCUT2D eigenvalue weighted by molar-refractivity contribution is 5.94. The molecule has 3 heterocycles. The van der Waals surface area contributed by atoms with Crippen LogP contribution in [0.5, 0.6) is 0 Å². The van der Waals surface area contributed by atoms with E-state index in [2.05, 4.69) is 15.2 Å². The van der Waals surface area contributed by atoms with E-state index in [1.165, 1.54) is 0 Å². The molecule has 0 radical (unpaired) electrons. The number of nitrogens with zero attached hydrogens (tertiary/aromatic N) is 3. The molecule has 2 amide bonds. The average molecular weight is 429 g/mol. The van der Waals surface area contributed by atoms with Crippen molar-refractivity contribution in [3.05, 3.63) is 29.6 Å². The number of likely N-dealkylation sites (tertiary alicyclic amines) is 1. The topological polar surface area (TPSA) is 74.8 Å². The van der Waals surface area contributed by atoms with E-state index in [4.69, 9.17) is 4.74 Å². The van der Waals surface area contributed by atoms with Crippen molar-refractivity contribution >= 4 is 11.8 Å². The van der Waals surface area contributed by atoms with Crippen molar-refractivity contribution in [1.29, 1.82) is 0 Å². The number of hydrogen-bond acceptors (Lipinski definition) is 5. The van der Waals surface area contributed by atoms with Crippen molar-refractivity contribution < 1.29 is 14.3 Å². The summed E-state index contributed by atoms with van der Waals surface area (Å²) in [5.74, 6) is 0.355. The average Bonchev–Trinajstić information content (AvgIpc) is 2.78. The Hall–Kier alpha value is -1.99. The van der Waals surface area contributed by atoms with Crippen molar-refractivity contribution in [2.24, 2.45) is 11.3 Å². The molecule has 0 bridgehead atoms. The third kappa shape index (κ3) is 4.48. The molecule has 170 valence electrons. The Kier molecular flexibility index (Phi) is 6.63. The minimum Gasteiger partial charge on any atom is -0.379 e. The van der Waals surface area contributed by atoms with Gasteiger partial charge in [0.1, 0.15) is 5.69 Å². The van der Waals surface area contributed by atoms with Gasteiger partial charge in [-0.1, -0.05) is 6.07 Å². The van der Waals surface area contributed by atoms with E-state index in [-0.39, 0.29) is 17.9 Å². The second-order valence-electron chi connectivity index (χ2n) is 9.74. The Morgan fingerprint density at radius 2 is 2.00 bits per heavy atom. The normalized spacial score (nSPS) is 29.5. The second kappa shape index (κ2) is 9.25. The maximum Gasteiger partial charge on any atom is 0.272 e. The molecule has 31 heavy (non-hydrogen) atoms. The molecule has 1 aromatic rings. The number of piperidine rings is 1. The first-order valence-corrected chi connectivity index (χ1v) is 11.7. The monoisotopic (exact) mass is 428 g/mol. The highest BCUT2D eigenvalue weighted by Crippen LogP contribution is 2.48. The third-order valence-electron chi connectivity index (χ3n) is 7.42. The Morgan fingerprint density at radius 3 is 2.71 bits per heavy atom. The van der Waals surface area contributed by atoms with Gasteiger partial charge in [0.25, 0.3) is 5.91 Å².